The molecule has 4 rings (SSSR count). The SMILES string of the molecule is CC[C@@H](O)c1cc2n(n1)CCCN(C(=O)c1ccccc1-c1ncn[nH]1)C2. The first-order chi connectivity index (χ1) is 13.2. The molecule has 27 heavy (non-hydrogen) atoms. The Morgan fingerprint density at radius 2 is 2.19 bits per heavy atom. The number of aromatic nitrogens is 5. The summed E-state index contributed by atoms with van der Waals surface area (Å²) >= 11 is 0. The molecule has 1 aliphatic rings. The molecule has 0 spiro atoms. The summed E-state index contributed by atoms with van der Waals surface area (Å²) in [5, 5.41) is 21.3. The molecular formula is C19H22N6O2. The van der Waals surface area contributed by atoms with Crippen LogP contribution in [0.1, 0.15) is 47.6 Å². The molecule has 0 radical (unpaired) electrons. The molecule has 140 valence electrons. The standard InChI is InChI=1S/C19H22N6O2/c1-2-17(26)16-10-13-11-24(8-5-9-25(13)23-16)19(27)15-7-4-3-6-14(15)18-20-12-21-22-18/h3-4,6-7,10,12,17,26H,2,5,8-9,11H2,1H3,(H,20,21,22)/t17-/m1/s1. The molecule has 1 aliphatic heterocycles. The van der Waals surface area contributed by atoms with Crippen LogP contribution in [0.3, 0.4) is 0 Å². The average molecular weight is 366 g/mol. The van der Waals surface area contributed by atoms with Crippen LogP contribution in [0, 0.1) is 0 Å². The van der Waals surface area contributed by atoms with Crippen molar-refractivity contribution in [2.45, 2.75) is 39.0 Å². The lowest BCUT2D eigenvalue weighted by molar-refractivity contribution is 0.0746. The first-order valence-corrected chi connectivity index (χ1v) is 9.16. The van der Waals surface area contributed by atoms with E-state index in [1.54, 1.807) is 0 Å². The quantitative estimate of drug-likeness (QED) is 0.737. The number of rotatable bonds is 4. The van der Waals surface area contributed by atoms with Crippen LogP contribution < -0.4 is 0 Å². The van der Waals surface area contributed by atoms with Gasteiger partial charge in [0.05, 0.1) is 29.6 Å². The van der Waals surface area contributed by atoms with Crippen LogP contribution in [-0.2, 0) is 13.1 Å². The summed E-state index contributed by atoms with van der Waals surface area (Å²) in [5.41, 5.74) is 2.94. The molecular weight excluding hydrogens is 344 g/mol. The smallest absolute Gasteiger partial charge is 0.254 e. The summed E-state index contributed by atoms with van der Waals surface area (Å²) in [4.78, 5) is 19.3. The first kappa shape index (κ1) is 17.4. The first-order valence-electron chi connectivity index (χ1n) is 9.16. The number of hydrogen-bond acceptors (Lipinski definition) is 5. The summed E-state index contributed by atoms with van der Waals surface area (Å²) in [6.07, 6.45) is 2.29. The van der Waals surface area contributed by atoms with E-state index in [2.05, 4.69) is 20.3 Å². The highest BCUT2D eigenvalue weighted by Gasteiger charge is 2.25. The highest BCUT2D eigenvalue weighted by Crippen LogP contribution is 2.24. The van der Waals surface area contributed by atoms with Crippen molar-refractivity contribution >= 4 is 5.91 Å². The number of benzene rings is 1. The van der Waals surface area contributed by atoms with Crippen molar-refractivity contribution in [3.63, 3.8) is 0 Å². The molecule has 1 aromatic carbocycles. The number of nitrogens with one attached hydrogen (secondary N) is 1. The molecule has 3 heterocycles. The maximum Gasteiger partial charge on any atom is 0.254 e. The number of hydrogen-bond donors (Lipinski definition) is 2. The molecule has 0 fully saturated rings. The van der Waals surface area contributed by atoms with Crippen molar-refractivity contribution < 1.29 is 9.90 Å². The summed E-state index contributed by atoms with van der Waals surface area (Å²) in [6, 6.07) is 9.32. The summed E-state index contributed by atoms with van der Waals surface area (Å²) in [6.45, 7) is 3.77. The van der Waals surface area contributed by atoms with E-state index >= 15 is 0 Å². The van der Waals surface area contributed by atoms with E-state index in [0.717, 1.165) is 24.2 Å². The second-order valence-corrected chi connectivity index (χ2v) is 6.67. The molecule has 1 atom stereocenters. The van der Waals surface area contributed by atoms with Gasteiger partial charge in [0.1, 0.15) is 6.33 Å². The van der Waals surface area contributed by atoms with Crippen LogP contribution in [-0.4, -0.2) is 47.4 Å². The van der Waals surface area contributed by atoms with Crippen molar-refractivity contribution in [3.05, 3.63) is 53.6 Å². The predicted octanol–water partition coefficient (Wildman–Crippen LogP) is 2.16. The number of carbonyl (C=O) groups is 1. The molecule has 0 unspecified atom stereocenters. The van der Waals surface area contributed by atoms with Gasteiger partial charge < -0.3 is 10.0 Å². The number of nitrogens with zero attached hydrogens (tertiary/aromatic N) is 5. The van der Waals surface area contributed by atoms with E-state index in [9.17, 15) is 9.90 Å². The number of aliphatic hydroxyl groups is 1. The molecule has 3 aromatic rings. The lowest BCUT2D eigenvalue weighted by Crippen LogP contribution is -2.31. The maximum absolute atomic E-state index is 13.3. The number of amides is 1. The van der Waals surface area contributed by atoms with Gasteiger partial charge in [-0.05, 0) is 25.0 Å². The van der Waals surface area contributed by atoms with Gasteiger partial charge >= 0.3 is 0 Å². The fourth-order valence-electron chi connectivity index (χ4n) is 3.41. The Bertz CT molecular complexity index is 934. The largest absolute Gasteiger partial charge is 0.387 e. The molecule has 0 bridgehead atoms. The van der Waals surface area contributed by atoms with Gasteiger partial charge in [0, 0.05) is 18.7 Å². The van der Waals surface area contributed by atoms with Crippen molar-refractivity contribution in [2.75, 3.05) is 6.54 Å². The van der Waals surface area contributed by atoms with E-state index in [1.165, 1.54) is 6.33 Å². The lowest BCUT2D eigenvalue weighted by Gasteiger charge is -2.21. The van der Waals surface area contributed by atoms with Crippen LogP contribution >= 0.6 is 0 Å². The number of aliphatic hydroxyl groups excluding tert-OH is 1. The van der Waals surface area contributed by atoms with Gasteiger partial charge in [-0.2, -0.15) is 10.2 Å². The van der Waals surface area contributed by atoms with Gasteiger partial charge in [0.15, 0.2) is 5.82 Å². The Hall–Kier alpha value is -3.00. The molecule has 0 aliphatic carbocycles. The van der Waals surface area contributed by atoms with Gasteiger partial charge in [0.25, 0.3) is 5.91 Å². The minimum atomic E-state index is -0.569. The van der Waals surface area contributed by atoms with E-state index in [-0.39, 0.29) is 5.91 Å². The molecule has 2 aromatic heterocycles. The Morgan fingerprint density at radius 1 is 1.33 bits per heavy atom. The van der Waals surface area contributed by atoms with Gasteiger partial charge in [-0.3, -0.25) is 14.6 Å². The average Bonchev–Trinajstić information content (AvgIpc) is 3.33. The van der Waals surface area contributed by atoms with Crippen molar-refractivity contribution in [3.8, 4) is 11.4 Å². The van der Waals surface area contributed by atoms with Crippen molar-refractivity contribution in [2.24, 2.45) is 0 Å². The molecule has 0 saturated carbocycles. The van der Waals surface area contributed by atoms with Crippen LogP contribution in [0.4, 0.5) is 0 Å². The monoisotopic (exact) mass is 366 g/mol. The van der Waals surface area contributed by atoms with Crippen LogP contribution in [0.25, 0.3) is 11.4 Å². The Labute approximate surface area is 156 Å². The fourth-order valence-corrected chi connectivity index (χ4v) is 3.41. The number of aromatic amines is 1. The van der Waals surface area contributed by atoms with E-state index in [0.29, 0.717) is 36.6 Å². The molecule has 1 amide bonds. The van der Waals surface area contributed by atoms with E-state index in [4.69, 9.17) is 0 Å². The van der Waals surface area contributed by atoms with Crippen LogP contribution in [0.5, 0.6) is 0 Å². The Kier molecular flexibility index (Phi) is 4.72. The highest BCUT2D eigenvalue weighted by molar-refractivity contribution is 6.00. The predicted molar refractivity (Wildman–Crippen MR) is 98.7 cm³/mol. The third-order valence-corrected chi connectivity index (χ3v) is 4.88. The number of aryl methyl sites for hydroxylation is 1. The Balaban J connectivity index is 1.63. The molecule has 8 nitrogen and oxygen atoms in total. The van der Waals surface area contributed by atoms with Gasteiger partial charge in [-0.15, -0.1) is 0 Å². The summed E-state index contributed by atoms with van der Waals surface area (Å²) in [7, 11) is 0. The lowest BCUT2D eigenvalue weighted by atomic mass is 10.1. The number of H-pyrrole nitrogens is 1. The third-order valence-electron chi connectivity index (χ3n) is 4.88. The molecule has 0 saturated heterocycles. The summed E-state index contributed by atoms with van der Waals surface area (Å²) in [5.74, 6) is 0.529. The minimum absolute atomic E-state index is 0.0470. The number of fused-ring (bicyclic) bond motifs is 1. The second-order valence-electron chi connectivity index (χ2n) is 6.67. The van der Waals surface area contributed by atoms with Crippen LogP contribution in [0.2, 0.25) is 0 Å². The molecule has 2 N–H and O–H groups in total. The zero-order chi connectivity index (χ0) is 18.8. The number of carbonyl (C=O) groups excluding carboxylic acids is 1. The van der Waals surface area contributed by atoms with Gasteiger partial charge in [-0.25, -0.2) is 4.98 Å². The molecule has 8 heteroatoms. The zero-order valence-corrected chi connectivity index (χ0v) is 15.2. The van der Waals surface area contributed by atoms with Crippen molar-refractivity contribution in [1.82, 2.24) is 29.9 Å². The van der Waals surface area contributed by atoms with E-state index in [1.807, 2.05) is 46.8 Å². The summed E-state index contributed by atoms with van der Waals surface area (Å²) < 4.78 is 1.91. The topological polar surface area (TPSA) is 99.9 Å². The van der Waals surface area contributed by atoms with Crippen LogP contribution in [0.15, 0.2) is 36.7 Å². The minimum Gasteiger partial charge on any atom is -0.387 e. The second kappa shape index (κ2) is 7.32. The van der Waals surface area contributed by atoms with Gasteiger partial charge in [-0.1, -0.05) is 25.1 Å². The third kappa shape index (κ3) is 3.35. The van der Waals surface area contributed by atoms with Gasteiger partial charge in [0.2, 0.25) is 0 Å². The normalized spacial score (nSPS) is 15.3. The highest BCUT2D eigenvalue weighted by atomic mass is 16.3. The Morgan fingerprint density at radius 3 is 2.96 bits per heavy atom. The zero-order valence-electron chi connectivity index (χ0n) is 15.2. The van der Waals surface area contributed by atoms with E-state index < -0.39 is 6.10 Å². The fraction of sp³-hybridized carbons (Fsp3) is 0.368. The maximum atomic E-state index is 13.3. The van der Waals surface area contributed by atoms with Crippen molar-refractivity contribution in [1.29, 1.82) is 0 Å².